The lowest BCUT2D eigenvalue weighted by atomic mass is 9.95. The van der Waals surface area contributed by atoms with Crippen LogP contribution in [0.5, 0.6) is 0 Å². The van der Waals surface area contributed by atoms with Crippen molar-refractivity contribution in [2.75, 3.05) is 6.61 Å². The number of nitrogens with two attached hydrogens (primary N) is 1. The van der Waals surface area contributed by atoms with Crippen LogP contribution in [0.4, 0.5) is 0 Å². The van der Waals surface area contributed by atoms with Crippen molar-refractivity contribution in [2.45, 2.75) is 27.2 Å². The zero-order valence-electron chi connectivity index (χ0n) is 8.22. The average molecular weight is 185 g/mol. The molecule has 0 saturated heterocycles. The van der Waals surface area contributed by atoms with E-state index in [1.54, 1.807) is 6.92 Å². The van der Waals surface area contributed by atoms with Gasteiger partial charge in [-0.2, -0.15) is 0 Å². The summed E-state index contributed by atoms with van der Waals surface area (Å²) in [7, 11) is 0. The fourth-order valence-corrected chi connectivity index (χ4v) is 1.74. The van der Waals surface area contributed by atoms with Crippen molar-refractivity contribution < 1.29 is 14.3 Å². The summed E-state index contributed by atoms with van der Waals surface area (Å²) in [4.78, 5) is 22.6. The van der Waals surface area contributed by atoms with Crippen LogP contribution in [0.1, 0.15) is 27.2 Å². The van der Waals surface area contributed by atoms with Crippen LogP contribution in [-0.2, 0) is 14.3 Å². The first-order chi connectivity index (χ1) is 5.88. The van der Waals surface area contributed by atoms with Crippen LogP contribution in [0, 0.1) is 10.8 Å². The average Bonchev–Trinajstić information content (AvgIpc) is 2.56. The molecule has 1 atom stereocenters. The lowest BCUT2D eigenvalue weighted by Crippen LogP contribution is -2.37. The van der Waals surface area contributed by atoms with Crippen molar-refractivity contribution in [3.63, 3.8) is 0 Å². The summed E-state index contributed by atoms with van der Waals surface area (Å²) in [5, 5.41) is 0. The Balaban J connectivity index is 2.85. The number of primary amides is 1. The van der Waals surface area contributed by atoms with E-state index in [-0.39, 0.29) is 12.0 Å². The summed E-state index contributed by atoms with van der Waals surface area (Å²) in [6.07, 6.45) is 0.494. The zero-order chi connectivity index (χ0) is 10.3. The molecule has 1 amide bonds. The van der Waals surface area contributed by atoms with E-state index < -0.39 is 17.3 Å². The van der Waals surface area contributed by atoms with Crippen molar-refractivity contribution in [3.8, 4) is 0 Å². The maximum atomic E-state index is 11.5. The third-order valence-corrected chi connectivity index (χ3v) is 2.78. The van der Waals surface area contributed by atoms with Crippen LogP contribution >= 0.6 is 0 Å². The Morgan fingerprint density at radius 2 is 1.92 bits per heavy atom. The molecule has 1 saturated carbocycles. The van der Waals surface area contributed by atoms with Crippen molar-refractivity contribution in [3.05, 3.63) is 0 Å². The highest BCUT2D eigenvalue weighted by Crippen LogP contribution is 2.63. The molecule has 0 heterocycles. The quantitative estimate of drug-likeness (QED) is 0.512. The van der Waals surface area contributed by atoms with Gasteiger partial charge in [0.05, 0.1) is 6.61 Å². The fraction of sp³-hybridized carbons (Fsp3) is 0.778. The molecule has 2 N–H and O–H groups in total. The smallest absolute Gasteiger partial charge is 0.322 e. The van der Waals surface area contributed by atoms with Gasteiger partial charge in [0.25, 0.3) is 0 Å². The molecule has 0 aromatic rings. The second kappa shape index (κ2) is 2.72. The summed E-state index contributed by atoms with van der Waals surface area (Å²) in [5.41, 5.74) is 3.79. The van der Waals surface area contributed by atoms with Gasteiger partial charge in [0.15, 0.2) is 5.41 Å². The predicted octanol–water partition coefficient (Wildman–Crippen LogP) is 0.451. The maximum absolute atomic E-state index is 11.5. The zero-order valence-corrected chi connectivity index (χ0v) is 8.22. The summed E-state index contributed by atoms with van der Waals surface area (Å²) in [6, 6.07) is 0. The van der Waals surface area contributed by atoms with Gasteiger partial charge in [-0.3, -0.25) is 9.59 Å². The van der Waals surface area contributed by atoms with E-state index in [1.165, 1.54) is 0 Å². The van der Waals surface area contributed by atoms with Crippen LogP contribution in [0.2, 0.25) is 0 Å². The number of amides is 1. The number of esters is 1. The number of hydrogen-bond donors (Lipinski definition) is 1. The molecule has 1 fully saturated rings. The largest absolute Gasteiger partial charge is 0.465 e. The highest BCUT2D eigenvalue weighted by Gasteiger charge is 2.71. The summed E-state index contributed by atoms with van der Waals surface area (Å²) in [6.45, 7) is 5.68. The third-order valence-electron chi connectivity index (χ3n) is 2.78. The normalized spacial score (nSPS) is 29.5. The first kappa shape index (κ1) is 10.0. The molecule has 0 aliphatic heterocycles. The van der Waals surface area contributed by atoms with E-state index in [1.807, 2.05) is 13.8 Å². The van der Waals surface area contributed by atoms with Crippen LogP contribution in [-0.4, -0.2) is 18.5 Å². The Morgan fingerprint density at radius 1 is 1.46 bits per heavy atom. The van der Waals surface area contributed by atoms with Crippen molar-refractivity contribution in [1.29, 1.82) is 0 Å². The SMILES string of the molecule is CCOC(=O)[C@@]1(C(N)=O)CC1(C)C. The lowest BCUT2D eigenvalue weighted by Gasteiger charge is -2.14. The van der Waals surface area contributed by atoms with E-state index >= 15 is 0 Å². The van der Waals surface area contributed by atoms with Crippen molar-refractivity contribution >= 4 is 11.9 Å². The monoisotopic (exact) mass is 185 g/mol. The molecule has 1 aliphatic carbocycles. The molecule has 0 bridgehead atoms. The predicted molar refractivity (Wildman–Crippen MR) is 46.7 cm³/mol. The van der Waals surface area contributed by atoms with Crippen LogP contribution in [0.25, 0.3) is 0 Å². The summed E-state index contributed by atoms with van der Waals surface area (Å²) in [5.74, 6) is -1.05. The van der Waals surface area contributed by atoms with Gasteiger partial charge in [0.2, 0.25) is 5.91 Å². The molecule has 0 spiro atoms. The molecule has 0 aromatic heterocycles. The minimum absolute atomic E-state index is 0.282. The molecular formula is C9H15NO3. The fourth-order valence-electron chi connectivity index (χ4n) is 1.74. The lowest BCUT2D eigenvalue weighted by molar-refractivity contribution is -0.155. The van der Waals surface area contributed by atoms with Gasteiger partial charge >= 0.3 is 5.97 Å². The van der Waals surface area contributed by atoms with Crippen molar-refractivity contribution in [2.24, 2.45) is 16.6 Å². The molecular weight excluding hydrogens is 170 g/mol. The minimum atomic E-state index is -1.07. The Kier molecular flexibility index (Phi) is 2.10. The Hall–Kier alpha value is -1.06. The Labute approximate surface area is 77.4 Å². The minimum Gasteiger partial charge on any atom is -0.465 e. The van der Waals surface area contributed by atoms with E-state index in [0.29, 0.717) is 6.42 Å². The summed E-state index contributed by atoms with van der Waals surface area (Å²) < 4.78 is 4.83. The number of carbonyl (C=O) groups excluding carboxylic acids is 2. The maximum Gasteiger partial charge on any atom is 0.322 e. The molecule has 4 nitrogen and oxygen atoms in total. The molecule has 0 unspecified atom stereocenters. The first-order valence-electron chi connectivity index (χ1n) is 4.35. The number of ether oxygens (including phenoxy) is 1. The summed E-state index contributed by atoms with van der Waals surface area (Å²) >= 11 is 0. The van der Waals surface area contributed by atoms with E-state index in [4.69, 9.17) is 10.5 Å². The van der Waals surface area contributed by atoms with E-state index in [2.05, 4.69) is 0 Å². The van der Waals surface area contributed by atoms with Crippen LogP contribution in [0.3, 0.4) is 0 Å². The molecule has 0 aromatic carbocycles. The highest BCUT2D eigenvalue weighted by molar-refractivity contribution is 6.06. The van der Waals surface area contributed by atoms with E-state index in [9.17, 15) is 9.59 Å². The Morgan fingerprint density at radius 3 is 2.15 bits per heavy atom. The van der Waals surface area contributed by atoms with Gasteiger partial charge in [-0.05, 0) is 18.8 Å². The highest BCUT2D eigenvalue weighted by atomic mass is 16.5. The standard InChI is InChI=1S/C9H15NO3/c1-4-13-7(12)9(6(10)11)5-8(9,2)3/h4-5H2,1-3H3,(H2,10,11)/t9-/m0/s1. The molecule has 4 heteroatoms. The Bertz CT molecular complexity index is 260. The van der Waals surface area contributed by atoms with Gasteiger partial charge in [0.1, 0.15) is 0 Å². The molecule has 1 aliphatic rings. The van der Waals surface area contributed by atoms with E-state index in [0.717, 1.165) is 0 Å². The third kappa shape index (κ3) is 1.20. The molecule has 0 radical (unpaired) electrons. The van der Waals surface area contributed by atoms with Gasteiger partial charge in [-0.15, -0.1) is 0 Å². The molecule has 74 valence electrons. The second-order valence-corrected chi connectivity index (χ2v) is 4.05. The van der Waals surface area contributed by atoms with Crippen LogP contribution < -0.4 is 5.73 Å². The molecule has 13 heavy (non-hydrogen) atoms. The number of rotatable bonds is 3. The van der Waals surface area contributed by atoms with Gasteiger partial charge in [0, 0.05) is 0 Å². The van der Waals surface area contributed by atoms with Gasteiger partial charge < -0.3 is 10.5 Å². The first-order valence-corrected chi connectivity index (χ1v) is 4.35. The van der Waals surface area contributed by atoms with Gasteiger partial charge in [-0.25, -0.2) is 0 Å². The van der Waals surface area contributed by atoms with Crippen molar-refractivity contribution in [1.82, 2.24) is 0 Å². The number of carbonyl (C=O) groups is 2. The molecule has 1 rings (SSSR count). The topological polar surface area (TPSA) is 69.4 Å². The van der Waals surface area contributed by atoms with Gasteiger partial charge in [-0.1, -0.05) is 13.8 Å². The van der Waals surface area contributed by atoms with Crippen LogP contribution in [0.15, 0.2) is 0 Å². The number of hydrogen-bond acceptors (Lipinski definition) is 3. The second-order valence-electron chi connectivity index (χ2n) is 4.05.